The van der Waals surface area contributed by atoms with E-state index >= 15 is 0 Å². The molecule has 1 radical (unpaired) electrons. The van der Waals surface area contributed by atoms with Crippen LogP contribution < -0.4 is 5.32 Å². The van der Waals surface area contributed by atoms with Crippen LogP contribution in [0.2, 0.25) is 0 Å². The lowest BCUT2D eigenvalue weighted by Gasteiger charge is -2.24. The van der Waals surface area contributed by atoms with Crippen LogP contribution >= 0.6 is 0 Å². The van der Waals surface area contributed by atoms with Gasteiger partial charge in [0.05, 0.1) is 19.3 Å². The Labute approximate surface area is 156 Å². The number of fused-ring (bicyclic) bond motifs is 1. The van der Waals surface area contributed by atoms with Crippen molar-refractivity contribution in [2.24, 2.45) is 0 Å². The SMILES string of the molecule is CC(C)N1CCCN(Cc2c[nH]c3cc(C4COCC[N]4)ccc23)CC1. The lowest BCUT2D eigenvalue weighted by molar-refractivity contribution is 0.0745. The molecule has 4 rings (SSSR count). The summed E-state index contributed by atoms with van der Waals surface area (Å²) >= 11 is 0. The van der Waals surface area contributed by atoms with Crippen molar-refractivity contribution in [2.45, 2.75) is 38.9 Å². The smallest absolute Gasteiger partial charge is 0.0731 e. The maximum atomic E-state index is 5.58. The normalized spacial score (nSPS) is 23.6. The summed E-state index contributed by atoms with van der Waals surface area (Å²) in [6.07, 6.45) is 3.45. The van der Waals surface area contributed by atoms with Crippen molar-refractivity contribution in [1.29, 1.82) is 0 Å². The molecule has 3 heterocycles. The van der Waals surface area contributed by atoms with Crippen LogP contribution in [0.3, 0.4) is 0 Å². The molecule has 2 aliphatic heterocycles. The molecule has 2 fully saturated rings. The Balaban J connectivity index is 1.45. The molecule has 0 amide bonds. The van der Waals surface area contributed by atoms with Crippen LogP contribution in [0.25, 0.3) is 10.9 Å². The average Bonchev–Trinajstić information content (AvgIpc) is 2.90. The van der Waals surface area contributed by atoms with E-state index in [1.165, 1.54) is 48.1 Å². The van der Waals surface area contributed by atoms with Crippen molar-refractivity contribution in [3.8, 4) is 0 Å². The van der Waals surface area contributed by atoms with Gasteiger partial charge in [0.15, 0.2) is 0 Å². The highest BCUT2D eigenvalue weighted by atomic mass is 16.5. The molecule has 1 N–H and O–H groups in total. The fraction of sp³-hybridized carbons (Fsp3) is 0.619. The van der Waals surface area contributed by atoms with E-state index in [0.29, 0.717) is 12.6 Å². The molecule has 26 heavy (non-hydrogen) atoms. The van der Waals surface area contributed by atoms with Crippen LogP contribution in [-0.2, 0) is 11.3 Å². The van der Waals surface area contributed by atoms with Gasteiger partial charge in [-0.15, -0.1) is 0 Å². The number of hydrogen-bond acceptors (Lipinski definition) is 3. The molecule has 141 valence electrons. The summed E-state index contributed by atoms with van der Waals surface area (Å²) in [7, 11) is 0. The molecule has 1 aromatic heterocycles. The minimum Gasteiger partial charge on any atom is -0.378 e. The zero-order valence-corrected chi connectivity index (χ0v) is 16.1. The van der Waals surface area contributed by atoms with Gasteiger partial charge < -0.3 is 9.72 Å². The first kappa shape index (κ1) is 18.0. The molecule has 1 aromatic carbocycles. The Bertz CT molecular complexity index is 720. The van der Waals surface area contributed by atoms with Gasteiger partial charge in [0.2, 0.25) is 0 Å². The average molecular weight is 356 g/mol. The van der Waals surface area contributed by atoms with Crippen LogP contribution in [0, 0.1) is 0 Å². The summed E-state index contributed by atoms with van der Waals surface area (Å²) in [6, 6.07) is 7.58. The van der Waals surface area contributed by atoms with Crippen molar-refractivity contribution < 1.29 is 4.74 Å². The lowest BCUT2D eigenvalue weighted by Crippen LogP contribution is -2.34. The van der Waals surface area contributed by atoms with E-state index in [4.69, 9.17) is 4.74 Å². The molecule has 0 bridgehead atoms. The maximum Gasteiger partial charge on any atom is 0.0731 e. The zero-order valence-electron chi connectivity index (χ0n) is 16.1. The largest absolute Gasteiger partial charge is 0.378 e. The third-order valence-electron chi connectivity index (χ3n) is 5.78. The van der Waals surface area contributed by atoms with E-state index < -0.39 is 0 Å². The van der Waals surface area contributed by atoms with Gasteiger partial charge in [0.25, 0.3) is 0 Å². The van der Waals surface area contributed by atoms with Crippen LogP contribution in [0.5, 0.6) is 0 Å². The molecule has 5 heteroatoms. The summed E-state index contributed by atoms with van der Waals surface area (Å²) in [6.45, 7) is 12.6. The monoisotopic (exact) mass is 355 g/mol. The lowest BCUT2D eigenvalue weighted by atomic mass is 10.0. The summed E-state index contributed by atoms with van der Waals surface area (Å²) < 4.78 is 5.58. The predicted octanol–water partition coefficient (Wildman–Crippen LogP) is 2.76. The third-order valence-corrected chi connectivity index (χ3v) is 5.78. The molecule has 2 aliphatic rings. The predicted molar refractivity (Wildman–Crippen MR) is 105 cm³/mol. The van der Waals surface area contributed by atoms with Crippen molar-refractivity contribution in [3.05, 3.63) is 35.5 Å². The number of benzene rings is 1. The molecule has 1 unspecified atom stereocenters. The van der Waals surface area contributed by atoms with E-state index in [1.54, 1.807) is 0 Å². The fourth-order valence-corrected chi connectivity index (χ4v) is 4.17. The fourth-order valence-electron chi connectivity index (χ4n) is 4.17. The Morgan fingerprint density at radius 1 is 1.23 bits per heavy atom. The van der Waals surface area contributed by atoms with Crippen molar-refractivity contribution in [3.63, 3.8) is 0 Å². The first-order valence-corrected chi connectivity index (χ1v) is 10.0. The zero-order chi connectivity index (χ0) is 17.9. The minimum absolute atomic E-state index is 0.188. The highest BCUT2D eigenvalue weighted by Gasteiger charge is 2.19. The quantitative estimate of drug-likeness (QED) is 0.917. The Morgan fingerprint density at radius 2 is 2.15 bits per heavy atom. The second-order valence-corrected chi connectivity index (χ2v) is 7.88. The number of aromatic nitrogens is 1. The topological polar surface area (TPSA) is 45.6 Å². The number of rotatable bonds is 4. The maximum absolute atomic E-state index is 5.58. The molecule has 0 aliphatic carbocycles. The van der Waals surface area contributed by atoms with Crippen molar-refractivity contribution in [1.82, 2.24) is 20.1 Å². The Morgan fingerprint density at radius 3 is 2.96 bits per heavy atom. The van der Waals surface area contributed by atoms with Gasteiger partial charge in [-0.2, -0.15) is 0 Å². The molecule has 0 saturated carbocycles. The Kier molecular flexibility index (Phi) is 5.60. The van der Waals surface area contributed by atoms with Crippen molar-refractivity contribution in [2.75, 3.05) is 45.9 Å². The molecule has 2 aromatic rings. The number of hydrogen-bond donors (Lipinski definition) is 1. The Hall–Kier alpha value is -1.40. The third kappa shape index (κ3) is 3.96. The van der Waals surface area contributed by atoms with E-state index in [0.717, 1.165) is 26.2 Å². The molecule has 0 spiro atoms. The second-order valence-electron chi connectivity index (χ2n) is 7.88. The highest BCUT2D eigenvalue weighted by Crippen LogP contribution is 2.25. The number of aromatic amines is 1. The van der Waals surface area contributed by atoms with E-state index in [2.05, 4.69) is 58.3 Å². The van der Waals surface area contributed by atoms with Crippen LogP contribution in [0.1, 0.15) is 37.4 Å². The molecule has 2 saturated heterocycles. The summed E-state index contributed by atoms with van der Waals surface area (Å²) in [5.74, 6) is 0. The van der Waals surface area contributed by atoms with Gasteiger partial charge in [0.1, 0.15) is 0 Å². The first-order valence-electron chi connectivity index (χ1n) is 10.0. The molecule has 5 nitrogen and oxygen atoms in total. The highest BCUT2D eigenvalue weighted by molar-refractivity contribution is 5.83. The van der Waals surface area contributed by atoms with Crippen LogP contribution in [-0.4, -0.2) is 66.8 Å². The second kappa shape index (κ2) is 8.09. The molecular formula is C21H31N4O. The molecular weight excluding hydrogens is 324 g/mol. The van der Waals surface area contributed by atoms with E-state index in [-0.39, 0.29) is 6.04 Å². The van der Waals surface area contributed by atoms with Crippen molar-refractivity contribution >= 4 is 10.9 Å². The van der Waals surface area contributed by atoms with Crippen LogP contribution in [0.4, 0.5) is 0 Å². The van der Waals surface area contributed by atoms with Gasteiger partial charge in [-0.1, -0.05) is 12.1 Å². The van der Waals surface area contributed by atoms with Gasteiger partial charge in [0, 0.05) is 49.3 Å². The standard InChI is InChI=1S/C21H31N4O/c1-16(2)25-8-3-7-24(9-10-25)14-18-13-23-20-12-17(4-5-19(18)20)21-15-26-11-6-22-21/h4-5,12-13,16,21,23H,3,6-11,14-15H2,1-2H3. The summed E-state index contributed by atoms with van der Waals surface area (Å²) in [5, 5.41) is 6.03. The summed E-state index contributed by atoms with van der Waals surface area (Å²) in [5.41, 5.74) is 3.88. The summed E-state index contributed by atoms with van der Waals surface area (Å²) in [4.78, 5) is 8.68. The number of H-pyrrole nitrogens is 1. The van der Waals surface area contributed by atoms with Crippen LogP contribution in [0.15, 0.2) is 24.4 Å². The van der Waals surface area contributed by atoms with Gasteiger partial charge in [-0.05, 0) is 50.6 Å². The van der Waals surface area contributed by atoms with E-state index in [1.807, 2.05) is 0 Å². The number of nitrogens with one attached hydrogen (secondary N) is 1. The first-order chi connectivity index (χ1) is 12.7. The van der Waals surface area contributed by atoms with Gasteiger partial charge in [-0.25, -0.2) is 5.32 Å². The number of morpholine rings is 1. The van der Waals surface area contributed by atoms with E-state index in [9.17, 15) is 0 Å². The minimum atomic E-state index is 0.188. The van der Waals surface area contributed by atoms with Gasteiger partial charge >= 0.3 is 0 Å². The number of nitrogens with zero attached hydrogens (tertiary/aromatic N) is 3. The van der Waals surface area contributed by atoms with Gasteiger partial charge in [-0.3, -0.25) is 9.80 Å². The number of ether oxygens (including phenoxy) is 1. The molecule has 1 atom stereocenters.